The minimum atomic E-state index is -1.68. The molecular formula is C5H8KN3O4. The fourth-order valence-electron chi connectivity index (χ4n) is 0.566. The summed E-state index contributed by atoms with van der Waals surface area (Å²) in [6.07, 6.45) is -2.15. The number of amides is 3. The third-order valence-electron chi connectivity index (χ3n) is 1.04. The number of primary amides is 2. The topological polar surface area (TPSA) is 138 Å². The van der Waals surface area contributed by atoms with Gasteiger partial charge in [0.2, 0.25) is 11.8 Å². The molecule has 0 heterocycles. The predicted octanol–water partition coefficient (Wildman–Crippen LogP) is -6.35. The first-order chi connectivity index (χ1) is 5.43. The molecular weight excluding hydrogens is 205 g/mol. The van der Waals surface area contributed by atoms with Crippen molar-refractivity contribution in [2.24, 2.45) is 11.5 Å². The molecule has 0 aliphatic carbocycles. The van der Waals surface area contributed by atoms with E-state index in [1.807, 2.05) is 0 Å². The summed E-state index contributed by atoms with van der Waals surface area (Å²) in [7, 11) is 0. The third kappa shape index (κ3) is 8.18. The van der Waals surface area contributed by atoms with E-state index < -0.39 is 30.4 Å². The molecule has 0 bridgehead atoms. The number of carboxylic acid groups (broad SMARTS) is 1. The van der Waals surface area contributed by atoms with Gasteiger partial charge < -0.3 is 26.7 Å². The smallest absolute Gasteiger partial charge is 0.530 e. The average Bonchev–Trinajstić information content (AvgIpc) is 1.83. The van der Waals surface area contributed by atoms with Crippen LogP contribution in [0.3, 0.4) is 0 Å². The number of hydrogen-bond acceptors (Lipinski definition) is 4. The molecule has 0 saturated carbocycles. The van der Waals surface area contributed by atoms with Crippen molar-refractivity contribution in [2.45, 2.75) is 12.5 Å². The molecule has 0 radical (unpaired) electrons. The van der Waals surface area contributed by atoms with Crippen LogP contribution in [0, 0.1) is 0 Å². The van der Waals surface area contributed by atoms with E-state index in [2.05, 4.69) is 0 Å². The fourth-order valence-corrected chi connectivity index (χ4v) is 0.566. The van der Waals surface area contributed by atoms with Gasteiger partial charge in [-0.25, -0.2) is 0 Å². The van der Waals surface area contributed by atoms with Gasteiger partial charge in [-0.05, 0) is 0 Å². The van der Waals surface area contributed by atoms with E-state index >= 15 is 0 Å². The first kappa shape index (κ1) is 15.3. The van der Waals surface area contributed by atoms with E-state index in [0.717, 1.165) is 0 Å². The average molecular weight is 213 g/mol. The largest absolute Gasteiger partial charge is 1.00 e. The van der Waals surface area contributed by atoms with Gasteiger partial charge in [-0.3, -0.25) is 9.59 Å². The molecule has 0 unspecified atom stereocenters. The van der Waals surface area contributed by atoms with Crippen LogP contribution in [0.25, 0.3) is 0 Å². The van der Waals surface area contributed by atoms with Gasteiger partial charge in [0.15, 0.2) is 0 Å². The summed E-state index contributed by atoms with van der Waals surface area (Å²) in [6.45, 7) is 0. The number of carbonyl (C=O) groups excluding carboxylic acids is 3. The molecule has 8 heteroatoms. The maximum absolute atomic E-state index is 10.4. The summed E-state index contributed by atoms with van der Waals surface area (Å²) < 4.78 is 0. The Morgan fingerprint density at radius 3 is 2.00 bits per heavy atom. The molecule has 0 aliphatic rings. The van der Waals surface area contributed by atoms with Crippen LogP contribution in [0.4, 0.5) is 4.79 Å². The Labute approximate surface area is 117 Å². The van der Waals surface area contributed by atoms with E-state index in [4.69, 9.17) is 11.5 Å². The monoisotopic (exact) mass is 213 g/mol. The Morgan fingerprint density at radius 1 is 1.31 bits per heavy atom. The van der Waals surface area contributed by atoms with E-state index in [0.29, 0.717) is 0 Å². The molecule has 0 fully saturated rings. The maximum Gasteiger partial charge on any atom is 1.00 e. The molecule has 5 N–H and O–H groups in total. The van der Waals surface area contributed by atoms with Crippen molar-refractivity contribution in [3.63, 3.8) is 0 Å². The van der Waals surface area contributed by atoms with Crippen LogP contribution in [0.5, 0.6) is 0 Å². The minimum Gasteiger partial charge on any atom is -0.530 e. The molecule has 0 aromatic heterocycles. The summed E-state index contributed by atoms with van der Waals surface area (Å²) >= 11 is 0. The van der Waals surface area contributed by atoms with Crippen molar-refractivity contribution in [3.8, 4) is 0 Å². The molecule has 0 rings (SSSR count). The zero-order valence-corrected chi connectivity index (χ0v) is 10.2. The van der Waals surface area contributed by atoms with E-state index in [1.54, 1.807) is 5.32 Å². The standard InChI is InChI=1S/C5H9N3O4.K/c6-3(9)1-2(4(7)10)8-5(11)12;/h2,8H,1H2,(H2,6,9)(H2,7,10)(H,11,12);/q;+1/p-1/t2-;/m0./s1. The Morgan fingerprint density at radius 2 is 1.77 bits per heavy atom. The second kappa shape index (κ2) is 7.27. The number of carbonyl (C=O) groups is 3. The molecule has 7 nitrogen and oxygen atoms in total. The van der Waals surface area contributed by atoms with Gasteiger partial charge in [-0.15, -0.1) is 0 Å². The molecule has 3 amide bonds. The van der Waals surface area contributed by atoms with Crippen LogP contribution in [0.1, 0.15) is 6.42 Å². The van der Waals surface area contributed by atoms with E-state index in [1.165, 1.54) is 0 Å². The molecule has 0 aromatic carbocycles. The van der Waals surface area contributed by atoms with Crippen molar-refractivity contribution in [1.29, 1.82) is 0 Å². The van der Waals surface area contributed by atoms with E-state index in [9.17, 15) is 19.5 Å². The summed E-state index contributed by atoms with van der Waals surface area (Å²) in [5, 5.41) is 11.6. The van der Waals surface area contributed by atoms with Gasteiger partial charge >= 0.3 is 51.4 Å². The summed E-state index contributed by atoms with van der Waals surface area (Å²) in [4.78, 5) is 30.6. The van der Waals surface area contributed by atoms with Gasteiger partial charge in [0, 0.05) is 0 Å². The Kier molecular flexibility index (Phi) is 8.57. The van der Waals surface area contributed by atoms with Crippen LogP contribution in [0.2, 0.25) is 0 Å². The van der Waals surface area contributed by atoms with Crippen LogP contribution >= 0.6 is 0 Å². The second-order valence-electron chi connectivity index (χ2n) is 2.06. The Hall–Kier alpha value is -0.154. The predicted molar refractivity (Wildman–Crippen MR) is 35.3 cm³/mol. The molecule has 0 spiro atoms. The zero-order chi connectivity index (χ0) is 9.72. The fraction of sp³-hybridized carbons (Fsp3) is 0.400. The van der Waals surface area contributed by atoms with Gasteiger partial charge in [-0.2, -0.15) is 0 Å². The molecule has 0 aliphatic heterocycles. The molecule has 13 heavy (non-hydrogen) atoms. The first-order valence-corrected chi connectivity index (χ1v) is 2.98. The second-order valence-corrected chi connectivity index (χ2v) is 2.06. The van der Waals surface area contributed by atoms with Crippen LogP contribution in [-0.2, 0) is 9.59 Å². The zero-order valence-electron chi connectivity index (χ0n) is 7.07. The molecule has 0 aromatic rings. The SMILES string of the molecule is NC(=O)C[C@H](NC(=O)[O-])C(N)=O.[K+]. The van der Waals surface area contributed by atoms with Crippen molar-refractivity contribution in [1.82, 2.24) is 5.32 Å². The van der Waals surface area contributed by atoms with Crippen molar-refractivity contribution in [2.75, 3.05) is 0 Å². The summed E-state index contributed by atoms with van der Waals surface area (Å²) in [6, 6.07) is -1.31. The number of hydrogen-bond donors (Lipinski definition) is 3. The molecule has 0 saturated heterocycles. The van der Waals surface area contributed by atoms with Crippen LogP contribution < -0.4 is 73.3 Å². The Balaban J connectivity index is 0. The van der Waals surface area contributed by atoms with Crippen molar-refractivity contribution < 1.29 is 70.9 Å². The van der Waals surface area contributed by atoms with Gasteiger partial charge in [0.05, 0.1) is 6.42 Å². The van der Waals surface area contributed by atoms with E-state index in [-0.39, 0.29) is 51.4 Å². The summed E-state index contributed by atoms with van der Waals surface area (Å²) in [5.41, 5.74) is 9.44. The number of nitrogens with one attached hydrogen (secondary N) is 1. The first-order valence-electron chi connectivity index (χ1n) is 2.98. The number of rotatable bonds is 4. The van der Waals surface area contributed by atoms with Gasteiger partial charge in [0.25, 0.3) is 0 Å². The normalized spacial score (nSPS) is 10.8. The number of nitrogens with two attached hydrogens (primary N) is 2. The van der Waals surface area contributed by atoms with Crippen LogP contribution in [0.15, 0.2) is 0 Å². The van der Waals surface area contributed by atoms with Crippen molar-refractivity contribution >= 4 is 17.9 Å². The quantitative estimate of drug-likeness (QED) is 0.400. The summed E-state index contributed by atoms with van der Waals surface area (Å²) in [5.74, 6) is -1.80. The molecule has 1 atom stereocenters. The van der Waals surface area contributed by atoms with Gasteiger partial charge in [0.1, 0.15) is 12.1 Å². The van der Waals surface area contributed by atoms with Crippen LogP contribution in [-0.4, -0.2) is 23.9 Å². The third-order valence-corrected chi connectivity index (χ3v) is 1.04. The molecule has 68 valence electrons. The Bertz CT molecular complexity index is 204. The van der Waals surface area contributed by atoms with Gasteiger partial charge in [-0.1, -0.05) is 0 Å². The minimum absolute atomic E-state index is 0. The van der Waals surface area contributed by atoms with Crippen molar-refractivity contribution in [3.05, 3.63) is 0 Å². The maximum atomic E-state index is 10.4.